The summed E-state index contributed by atoms with van der Waals surface area (Å²) in [6.45, 7) is 0. The Balaban J connectivity index is 1.67. The van der Waals surface area contributed by atoms with Crippen molar-refractivity contribution in [1.82, 2.24) is 30.8 Å². The van der Waals surface area contributed by atoms with Crippen LogP contribution in [0.5, 0.6) is 0 Å². The first-order valence-electron chi connectivity index (χ1n) is 9.51. The first-order valence-corrected chi connectivity index (χ1v) is 9.51. The van der Waals surface area contributed by atoms with E-state index in [1.165, 1.54) is 16.8 Å². The Hall–Kier alpha value is -3.74. The molecule has 1 aliphatic carbocycles. The summed E-state index contributed by atoms with van der Waals surface area (Å²) in [5.74, 6) is 0.494. The van der Waals surface area contributed by atoms with Crippen LogP contribution in [-0.4, -0.2) is 44.9 Å². The van der Waals surface area contributed by atoms with Gasteiger partial charge in [0.15, 0.2) is 0 Å². The van der Waals surface area contributed by atoms with E-state index in [0.717, 1.165) is 17.7 Å². The molecule has 0 fully saturated rings. The summed E-state index contributed by atoms with van der Waals surface area (Å²) >= 11 is 0. The van der Waals surface area contributed by atoms with Gasteiger partial charge in [-0.2, -0.15) is 10.3 Å². The number of aromatic amines is 2. The SMILES string of the molecule is CN(C)c1cccc(C2(c3ccccc3)C=Cc3c(-c4nn[nH]n4)n[nH]c3C2)c1. The lowest BCUT2D eigenvalue weighted by Crippen LogP contribution is -2.30. The van der Waals surface area contributed by atoms with Crippen LogP contribution in [0.2, 0.25) is 0 Å². The molecule has 1 aliphatic rings. The van der Waals surface area contributed by atoms with Crippen LogP contribution in [0.15, 0.2) is 60.7 Å². The number of benzene rings is 2. The molecule has 0 spiro atoms. The Labute approximate surface area is 168 Å². The average molecular weight is 383 g/mol. The predicted molar refractivity (Wildman–Crippen MR) is 112 cm³/mol. The van der Waals surface area contributed by atoms with Crippen LogP contribution in [0.25, 0.3) is 17.6 Å². The third-order valence-electron chi connectivity index (χ3n) is 5.60. The van der Waals surface area contributed by atoms with Crippen LogP contribution in [0.1, 0.15) is 22.4 Å². The van der Waals surface area contributed by atoms with Crippen LogP contribution in [0.4, 0.5) is 5.69 Å². The molecule has 2 N–H and O–H groups in total. The van der Waals surface area contributed by atoms with E-state index < -0.39 is 0 Å². The quantitative estimate of drug-likeness (QED) is 0.565. The van der Waals surface area contributed by atoms with Crippen LogP contribution < -0.4 is 4.90 Å². The number of fused-ring (bicyclic) bond motifs is 1. The van der Waals surface area contributed by atoms with E-state index in [1.807, 2.05) is 0 Å². The zero-order chi connectivity index (χ0) is 19.8. The second kappa shape index (κ2) is 6.70. The van der Waals surface area contributed by atoms with Crippen LogP contribution >= 0.6 is 0 Å². The summed E-state index contributed by atoms with van der Waals surface area (Å²) in [6, 6.07) is 19.3. The zero-order valence-corrected chi connectivity index (χ0v) is 16.3. The number of rotatable bonds is 4. The van der Waals surface area contributed by atoms with Crippen molar-refractivity contribution in [2.75, 3.05) is 19.0 Å². The van der Waals surface area contributed by atoms with Gasteiger partial charge < -0.3 is 4.90 Å². The first kappa shape index (κ1) is 17.4. The van der Waals surface area contributed by atoms with Crippen molar-refractivity contribution in [2.24, 2.45) is 0 Å². The average Bonchev–Trinajstić information content (AvgIpc) is 3.43. The van der Waals surface area contributed by atoms with E-state index >= 15 is 0 Å². The smallest absolute Gasteiger partial charge is 0.225 e. The molecule has 7 nitrogen and oxygen atoms in total. The van der Waals surface area contributed by atoms with Crippen LogP contribution in [0.3, 0.4) is 0 Å². The van der Waals surface area contributed by atoms with Crippen molar-refractivity contribution in [3.63, 3.8) is 0 Å². The molecular formula is C22H21N7. The standard InChI is InChI=1S/C22H21N7/c1-29(2)17-10-6-9-16(13-17)22(15-7-4-3-5-8-15)12-11-18-19(14-22)23-24-20(18)21-25-27-28-26-21/h3-13H,14H2,1-2H3,(H,23,24)(H,25,26,27,28). The molecule has 4 aromatic rings. The zero-order valence-electron chi connectivity index (χ0n) is 16.3. The number of hydrogen-bond donors (Lipinski definition) is 2. The molecule has 0 bridgehead atoms. The number of allylic oxidation sites excluding steroid dienone is 1. The molecule has 0 saturated carbocycles. The van der Waals surface area contributed by atoms with E-state index in [0.29, 0.717) is 11.5 Å². The summed E-state index contributed by atoms with van der Waals surface area (Å²) in [5, 5.41) is 22.0. The highest BCUT2D eigenvalue weighted by Crippen LogP contribution is 2.43. The van der Waals surface area contributed by atoms with Crippen molar-refractivity contribution in [1.29, 1.82) is 0 Å². The van der Waals surface area contributed by atoms with E-state index in [9.17, 15) is 0 Å². The third-order valence-corrected chi connectivity index (χ3v) is 5.60. The van der Waals surface area contributed by atoms with E-state index in [2.05, 4.69) is 117 Å². The second-order valence-corrected chi connectivity index (χ2v) is 7.49. The number of hydrogen-bond acceptors (Lipinski definition) is 5. The molecule has 0 aliphatic heterocycles. The molecule has 0 saturated heterocycles. The summed E-state index contributed by atoms with van der Waals surface area (Å²) in [6.07, 6.45) is 5.17. The first-order chi connectivity index (χ1) is 14.2. The molecule has 29 heavy (non-hydrogen) atoms. The van der Waals surface area contributed by atoms with Crippen molar-refractivity contribution >= 4 is 11.8 Å². The Kier molecular flexibility index (Phi) is 4.01. The topological polar surface area (TPSA) is 86.4 Å². The molecule has 1 atom stereocenters. The minimum atomic E-state index is -0.290. The minimum absolute atomic E-state index is 0.290. The highest BCUT2D eigenvalue weighted by Gasteiger charge is 2.37. The van der Waals surface area contributed by atoms with Gasteiger partial charge in [-0.15, -0.1) is 10.2 Å². The van der Waals surface area contributed by atoms with E-state index in [1.54, 1.807) is 0 Å². The summed E-state index contributed by atoms with van der Waals surface area (Å²) in [5.41, 5.74) is 6.17. The number of anilines is 1. The maximum absolute atomic E-state index is 4.47. The molecule has 5 rings (SSSR count). The van der Waals surface area contributed by atoms with Gasteiger partial charge in [0.1, 0.15) is 5.69 Å². The summed E-state index contributed by atoms with van der Waals surface area (Å²) in [7, 11) is 4.13. The number of H-pyrrole nitrogens is 2. The van der Waals surface area contributed by atoms with Crippen molar-refractivity contribution in [2.45, 2.75) is 11.8 Å². The molecule has 144 valence electrons. The fraction of sp³-hybridized carbons (Fsp3) is 0.182. The minimum Gasteiger partial charge on any atom is -0.378 e. The van der Waals surface area contributed by atoms with Crippen molar-refractivity contribution in [3.05, 3.63) is 83.1 Å². The molecule has 7 heteroatoms. The lowest BCUT2D eigenvalue weighted by atomic mass is 9.68. The Morgan fingerprint density at radius 1 is 0.966 bits per heavy atom. The molecular weight excluding hydrogens is 362 g/mol. The monoisotopic (exact) mass is 383 g/mol. The molecule has 1 unspecified atom stereocenters. The highest BCUT2D eigenvalue weighted by molar-refractivity contribution is 5.73. The molecule has 2 aromatic heterocycles. The fourth-order valence-corrected chi connectivity index (χ4v) is 4.06. The van der Waals surface area contributed by atoms with Gasteiger partial charge >= 0.3 is 0 Å². The maximum Gasteiger partial charge on any atom is 0.225 e. The van der Waals surface area contributed by atoms with Gasteiger partial charge in [0.05, 0.1) is 0 Å². The van der Waals surface area contributed by atoms with Crippen molar-refractivity contribution < 1.29 is 0 Å². The summed E-state index contributed by atoms with van der Waals surface area (Å²) < 4.78 is 0. The molecule has 0 radical (unpaired) electrons. The largest absolute Gasteiger partial charge is 0.378 e. The van der Waals surface area contributed by atoms with Crippen LogP contribution in [-0.2, 0) is 11.8 Å². The Bertz CT molecular complexity index is 1160. The number of aromatic nitrogens is 6. The summed E-state index contributed by atoms with van der Waals surface area (Å²) in [4.78, 5) is 2.13. The van der Waals surface area contributed by atoms with Crippen molar-refractivity contribution in [3.8, 4) is 11.5 Å². The highest BCUT2D eigenvalue weighted by atomic mass is 15.5. The molecule has 0 amide bonds. The van der Waals surface area contributed by atoms with Gasteiger partial charge in [-0.05, 0) is 28.5 Å². The fourth-order valence-electron chi connectivity index (χ4n) is 4.06. The van der Waals surface area contributed by atoms with Gasteiger partial charge in [-0.25, -0.2) is 0 Å². The van der Waals surface area contributed by atoms with E-state index in [-0.39, 0.29) is 5.41 Å². The lowest BCUT2D eigenvalue weighted by molar-refractivity contribution is 0.620. The van der Waals surface area contributed by atoms with Crippen LogP contribution in [0, 0.1) is 0 Å². The lowest BCUT2D eigenvalue weighted by Gasteiger charge is -2.35. The van der Waals surface area contributed by atoms with Gasteiger partial charge in [0, 0.05) is 42.9 Å². The Morgan fingerprint density at radius 2 is 1.79 bits per heavy atom. The van der Waals surface area contributed by atoms with Gasteiger partial charge in [-0.3, -0.25) is 5.10 Å². The number of tetrazole rings is 1. The third kappa shape index (κ3) is 2.82. The normalized spacial score (nSPS) is 17.9. The number of nitrogens with zero attached hydrogens (tertiary/aromatic N) is 5. The molecule has 2 heterocycles. The predicted octanol–water partition coefficient (Wildman–Crippen LogP) is 3.21. The number of nitrogens with one attached hydrogen (secondary N) is 2. The van der Waals surface area contributed by atoms with Gasteiger partial charge in [-0.1, -0.05) is 54.6 Å². The van der Waals surface area contributed by atoms with Gasteiger partial charge in [0.2, 0.25) is 5.82 Å². The molecule has 2 aromatic carbocycles. The Morgan fingerprint density at radius 3 is 2.55 bits per heavy atom. The van der Waals surface area contributed by atoms with E-state index in [4.69, 9.17) is 0 Å². The maximum atomic E-state index is 4.47. The second-order valence-electron chi connectivity index (χ2n) is 7.49. The van der Waals surface area contributed by atoms with Gasteiger partial charge in [0.25, 0.3) is 0 Å².